The van der Waals surface area contributed by atoms with E-state index >= 15 is 0 Å². The summed E-state index contributed by atoms with van der Waals surface area (Å²) in [5.41, 5.74) is -0.265. The quantitative estimate of drug-likeness (QED) is 0.765. The standard InChI is InChI=1S/C19H27BN2O5S/c1-19(2,3)27-18(24)22-13-10-15(28-14(13)11-16(22)20(25)26)17(23)21(4)12-8-6-5-7-9-12/h10-12,25-26H,5-9H2,1-4H3. The van der Waals surface area contributed by atoms with Gasteiger partial charge in [-0.2, -0.15) is 0 Å². The summed E-state index contributed by atoms with van der Waals surface area (Å²) in [5, 5.41) is 19.3. The van der Waals surface area contributed by atoms with Crippen LogP contribution in [0.15, 0.2) is 12.1 Å². The van der Waals surface area contributed by atoms with Crippen molar-refractivity contribution in [3.8, 4) is 0 Å². The van der Waals surface area contributed by atoms with Gasteiger partial charge in [0.05, 0.1) is 20.7 Å². The maximum Gasteiger partial charge on any atom is 0.506 e. The molecule has 3 rings (SSSR count). The Hall–Kier alpha value is -1.84. The van der Waals surface area contributed by atoms with Crippen molar-refractivity contribution < 1.29 is 24.4 Å². The Balaban J connectivity index is 1.94. The second-order valence-electron chi connectivity index (χ2n) is 8.33. The van der Waals surface area contributed by atoms with Crippen molar-refractivity contribution >= 4 is 46.3 Å². The van der Waals surface area contributed by atoms with Crippen LogP contribution < -0.4 is 5.59 Å². The van der Waals surface area contributed by atoms with E-state index in [9.17, 15) is 19.6 Å². The summed E-state index contributed by atoms with van der Waals surface area (Å²) in [6.45, 7) is 5.22. The molecule has 1 aliphatic carbocycles. The van der Waals surface area contributed by atoms with Gasteiger partial charge < -0.3 is 19.7 Å². The highest BCUT2D eigenvalue weighted by Crippen LogP contribution is 2.30. The minimum absolute atomic E-state index is 0.0233. The minimum atomic E-state index is -1.82. The van der Waals surface area contributed by atoms with Gasteiger partial charge in [0.2, 0.25) is 0 Å². The van der Waals surface area contributed by atoms with Crippen LogP contribution in [-0.4, -0.2) is 57.3 Å². The fourth-order valence-corrected chi connectivity index (χ4v) is 4.70. The molecule has 28 heavy (non-hydrogen) atoms. The molecule has 9 heteroatoms. The van der Waals surface area contributed by atoms with Crippen molar-refractivity contribution in [3.05, 3.63) is 17.0 Å². The average Bonchev–Trinajstić information content (AvgIpc) is 3.17. The van der Waals surface area contributed by atoms with Gasteiger partial charge in [0.1, 0.15) is 5.60 Å². The van der Waals surface area contributed by atoms with Gasteiger partial charge in [-0.15, -0.1) is 11.3 Å². The highest BCUT2D eigenvalue weighted by molar-refractivity contribution is 7.21. The van der Waals surface area contributed by atoms with Crippen LogP contribution >= 0.6 is 11.3 Å². The van der Waals surface area contributed by atoms with Crippen molar-refractivity contribution in [1.29, 1.82) is 0 Å². The fourth-order valence-electron chi connectivity index (χ4n) is 3.63. The zero-order valence-electron chi connectivity index (χ0n) is 16.8. The number of thiophene rings is 1. The van der Waals surface area contributed by atoms with E-state index in [0.29, 0.717) is 15.1 Å². The van der Waals surface area contributed by atoms with E-state index in [1.54, 1.807) is 31.7 Å². The third kappa shape index (κ3) is 4.26. The minimum Gasteiger partial charge on any atom is -0.443 e. The molecule has 7 nitrogen and oxygen atoms in total. The zero-order valence-corrected chi connectivity index (χ0v) is 17.6. The lowest BCUT2D eigenvalue weighted by atomic mass is 9.86. The summed E-state index contributed by atoms with van der Waals surface area (Å²) >= 11 is 1.24. The highest BCUT2D eigenvalue weighted by Gasteiger charge is 2.30. The molecule has 2 heterocycles. The van der Waals surface area contributed by atoms with Gasteiger partial charge in [-0.1, -0.05) is 19.3 Å². The number of hydrogen-bond acceptors (Lipinski definition) is 6. The average molecular weight is 406 g/mol. The van der Waals surface area contributed by atoms with Gasteiger partial charge in [0.25, 0.3) is 5.91 Å². The maximum atomic E-state index is 13.0. The van der Waals surface area contributed by atoms with Crippen LogP contribution in [-0.2, 0) is 4.74 Å². The molecule has 2 aromatic heterocycles. The van der Waals surface area contributed by atoms with E-state index in [-0.39, 0.29) is 17.5 Å². The first-order valence-corrected chi connectivity index (χ1v) is 10.4. The summed E-state index contributed by atoms with van der Waals surface area (Å²) in [7, 11) is 0.00394. The number of nitrogens with zero attached hydrogens (tertiary/aromatic N) is 2. The number of fused-ring (bicyclic) bond motifs is 1. The van der Waals surface area contributed by atoms with Crippen LogP contribution in [0.25, 0.3) is 10.2 Å². The van der Waals surface area contributed by atoms with Crippen LogP contribution in [0, 0.1) is 0 Å². The Morgan fingerprint density at radius 2 is 1.86 bits per heavy atom. The zero-order chi connectivity index (χ0) is 20.6. The highest BCUT2D eigenvalue weighted by atomic mass is 32.1. The Bertz CT molecular complexity index is 877. The fraction of sp³-hybridized carbons (Fsp3) is 0.579. The Kier molecular flexibility index (Phi) is 5.88. The van der Waals surface area contributed by atoms with Crippen LogP contribution in [0.4, 0.5) is 4.79 Å². The molecule has 0 aromatic carbocycles. The van der Waals surface area contributed by atoms with Crippen molar-refractivity contribution in [2.24, 2.45) is 0 Å². The molecule has 1 amide bonds. The number of carbonyl (C=O) groups excluding carboxylic acids is 2. The van der Waals surface area contributed by atoms with Gasteiger partial charge in [0, 0.05) is 13.1 Å². The molecule has 0 radical (unpaired) electrons. The van der Waals surface area contributed by atoms with Gasteiger partial charge in [-0.25, -0.2) is 4.79 Å². The van der Waals surface area contributed by atoms with Gasteiger partial charge in [-0.05, 0) is 45.7 Å². The number of amides is 1. The lowest BCUT2D eigenvalue weighted by Gasteiger charge is -2.30. The van der Waals surface area contributed by atoms with Gasteiger partial charge in [-0.3, -0.25) is 9.36 Å². The first kappa shape index (κ1) is 20.9. The molecule has 0 spiro atoms. The summed E-state index contributed by atoms with van der Waals surface area (Å²) < 4.78 is 7.18. The summed E-state index contributed by atoms with van der Waals surface area (Å²) in [4.78, 5) is 27.9. The molecular weight excluding hydrogens is 379 g/mol. The predicted octanol–water partition coefficient (Wildman–Crippen LogP) is 2.57. The monoisotopic (exact) mass is 406 g/mol. The molecular formula is C19H27BN2O5S. The molecule has 0 saturated heterocycles. The van der Waals surface area contributed by atoms with Crippen molar-refractivity contribution in [1.82, 2.24) is 9.47 Å². The molecule has 2 N–H and O–H groups in total. The maximum absolute atomic E-state index is 13.0. The molecule has 1 aliphatic rings. The number of hydrogen-bond donors (Lipinski definition) is 2. The summed E-state index contributed by atoms with van der Waals surface area (Å²) in [6.07, 6.45) is 4.80. The Morgan fingerprint density at radius 1 is 1.21 bits per heavy atom. The Labute approximate surface area is 169 Å². The van der Waals surface area contributed by atoms with E-state index in [0.717, 1.165) is 30.3 Å². The summed E-state index contributed by atoms with van der Waals surface area (Å²) in [5.74, 6) is -0.0741. The molecule has 0 bridgehead atoms. The smallest absolute Gasteiger partial charge is 0.443 e. The van der Waals surface area contributed by atoms with Crippen LogP contribution in [0.3, 0.4) is 0 Å². The van der Waals surface area contributed by atoms with Crippen LogP contribution in [0.2, 0.25) is 0 Å². The van der Waals surface area contributed by atoms with Crippen molar-refractivity contribution in [2.75, 3.05) is 7.05 Å². The van der Waals surface area contributed by atoms with Gasteiger partial charge >= 0.3 is 13.2 Å². The SMILES string of the molecule is CN(C(=O)c1cc2c(cc(B(O)O)n2C(=O)OC(C)(C)C)s1)C1CCCCC1. The number of carbonyl (C=O) groups is 2. The van der Waals surface area contributed by atoms with E-state index in [1.807, 2.05) is 7.05 Å². The van der Waals surface area contributed by atoms with E-state index in [4.69, 9.17) is 4.74 Å². The third-order valence-electron chi connectivity index (χ3n) is 5.01. The molecule has 0 aliphatic heterocycles. The first-order valence-electron chi connectivity index (χ1n) is 9.60. The molecule has 1 saturated carbocycles. The van der Waals surface area contributed by atoms with Crippen LogP contribution in [0.5, 0.6) is 0 Å². The topological polar surface area (TPSA) is 92.0 Å². The lowest BCUT2D eigenvalue weighted by Crippen LogP contribution is -2.41. The molecule has 1 fully saturated rings. The summed E-state index contributed by atoms with van der Waals surface area (Å²) in [6, 6.07) is 3.40. The van der Waals surface area contributed by atoms with Gasteiger partial charge in [0.15, 0.2) is 0 Å². The third-order valence-corrected chi connectivity index (χ3v) is 6.07. The van der Waals surface area contributed by atoms with Crippen molar-refractivity contribution in [3.63, 3.8) is 0 Å². The number of ether oxygens (including phenoxy) is 1. The number of rotatable bonds is 3. The largest absolute Gasteiger partial charge is 0.506 e. The molecule has 0 atom stereocenters. The molecule has 152 valence electrons. The van der Waals surface area contributed by atoms with E-state index in [1.165, 1.54) is 23.8 Å². The second kappa shape index (κ2) is 7.89. The lowest BCUT2D eigenvalue weighted by molar-refractivity contribution is 0.0547. The normalized spacial score (nSPS) is 15.6. The molecule has 2 aromatic rings. The Morgan fingerprint density at radius 3 is 2.43 bits per heavy atom. The van der Waals surface area contributed by atoms with Crippen molar-refractivity contribution in [2.45, 2.75) is 64.5 Å². The second-order valence-corrected chi connectivity index (χ2v) is 9.41. The van der Waals surface area contributed by atoms with E-state index in [2.05, 4.69) is 0 Å². The molecule has 0 unspecified atom stereocenters. The predicted molar refractivity (Wildman–Crippen MR) is 110 cm³/mol. The van der Waals surface area contributed by atoms with Crippen LogP contribution in [0.1, 0.15) is 62.5 Å². The van der Waals surface area contributed by atoms with E-state index < -0.39 is 18.8 Å². The first-order chi connectivity index (χ1) is 13.1. The number of aromatic nitrogens is 1.